The Kier molecular flexibility index (Phi) is 6.81. The molecule has 1 fully saturated rings. The van der Waals surface area contributed by atoms with Gasteiger partial charge in [0, 0.05) is 36.5 Å². The highest BCUT2D eigenvalue weighted by atomic mass is 16.5. The Hall–Kier alpha value is -2.24. The first-order valence-corrected chi connectivity index (χ1v) is 10.00. The number of aromatic amines is 1. The predicted molar refractivity (Wildman–Crippen MR) is 109 cm³/mol. The van der Waals surface area contributed by atoms with Crippen molar-refractivity contribution in [1.29, 1.82) is 0 Å². The Bertz CT molecular complexity index is 863. The number of nitrogens with one attached hydrogen (secondary N) is 1. The number of ether oxygens (including phenoxy) is 2. The van der Waals surface area contributed by atoms with E-state index in [1.54, 1.807) is 0 Å². The number of H-pyrrole nitrogens is 1. The number of pyridine rings is 1. The molecule has 1 aromatic heterocycles. The molecule has 0 aliphatic carbocycles. The summed E-state index contributed by atoms with van der Waals surface area (Å²) in [5.41, 5.74) is 4.10. The fourth-order valence-electron chi connectivity index (χ4n) is 3.69. The largest absolute Gasteiger partial charge is 0.381 e. The highest BCUT2D eigenvalue weighted by Gasteiger charge is 2.18. The van der Waals surface area contributed by atoms with Gasteiger partial charge in [-0.15, -0.1) is 0 Å². The number of carbonyl (C=O) groups is 1. The van der Waals surface area contributed by atoms with Crippen molar-refractivity contribution in [3.63, 3.8) is 0 Å². The molecule has 1 aliphatic heterocycles. The van der Waals surface area contributed by atoms with Crippen molar-refractivity contribution in [3.8, 4) is 0 Å². The number of aryl methyl sites for hydroxylation is 2. The topological polar surface area (TPSA) is 68.4 Å². The molecule has 5 nitrogen and oxygen atoms in total. The van der Waals surface area contributed by atoms with E-state index in [9.17, 15) is 9.59 Å². The van der Waals surface area contributed by atoms with E-state index in [0.717, 1.165) is 42.9 Å². The standard InChI is InChI=1S/C23H29NO4/c1-15-14-16(2)24-23(26)21(15)8-9-22(25)19-6-4-18(5-7-19)17(3)28-20-10-12-27-13-11-20/h4-7,14,17,20H,8-13H2,1-3H3,(H,24,26). The van der Waals surface area contributed by atoms with Crippen LogP contribution in [0.4, 0.5) is 0 Å². The van der Waals surface area contributed by atoms with Crippen LogP contribution in [0.1, 0.15) is 65.0 Å². The highest BCUT2D eigenvalue weighted by molar-refractivity contribution is 5.96. The molecule has 1 aliphatic rings. The first-order valence-electron chi connectivity index (χ1n) is 10.00. The lowest BCUT2D eigenvalue weighted by atomic mass is 9.99. The quantitative estimate of drug-likeness (QED) is 0.732. The number of carbonyl (C=O) groups excluding carboxylic acids is 1. The Morgan fingerprint density at radius 3 is 2.54 bits per heavy atom. The zero-order chi connectivity index (χ0) is 20.1. The summed E-state index contributed by atoms with van der Waals surface area (Å²) in [5.74, 6) is 0.0453. The second-order valence-electron chi connectivity index (χ2n) is 7.58. The summed E-state index contributed by atoms with van der Waals surface area (Å²) in [4.78, 5) is 27.5. The molecule has 150 valence electrons. The monoisotopic (exact) mass is 383 g/mol. The van der Waals surface area contributed by atoms with E-state index in [2.05, 4.69) is 4.98 Å². The van der Waals surface area contributed by atoms with E-state index >= 15 is 0 Å². The van der Waals surface area contributed by atoms with E-state index < -0.39 is 0 Å². The molecule has 1 atom stereocenters. The van der Waals surface area contributed by atoms with Crippen molar-refractivity contribution in [2.75, 3.05) is 13.2 Å². The Labute approximate surface area is 166 Å². The van der Waals surface area contributed by atoms with Gasteiger partial charge in [-0.05, 0) is 57.2 Å². The molecular weight excluding hydrogens is 354 g/mol. The number of rotatable bonds is 7. The summed E-state index contributed by atoms with van der Waals surface area (Å²) in [5, 5.41) is 0. The summed E-state index contributed by atoms with van der Waals surface area (Å²) >= 11 is 0. The van der Waals surface area contributed by atoms with Crippen molar-refractivity contribution in [2.24, 2.45) is 0 Å². The Morgan fingerprint density at radius 1 is 1.21 bits per heavy atom. The van der Waals surface area contributed by atoms with Gasteiger partial charge in [0.15, 0.2) is 5.78 Å². The van der Waals surface area contributed by atoms with Crippen LogP contribution in [-0.4, -0.2) is 30.1 Å². The minimum atomic E-state index is -0.0975. The summed E-state index contributed by atoms with van der Waals surface area (Å²) in [7, 11) is 0. The fraction of sp³-hybridized carbons (Fsp3) is 0.478. The molecular formula is C23H29NO4. The second-order valence-corrected chi connectivity index (χ2v) is 7.58. The van der Waals surface area contributed by atoms with Gasteiger partial charge in [-0.1, -0.05) is 24.3 Å². The lowest BCUT2D eigenvalue weighted by molar-refractivity contribution is -0.0636. The number of Topliss-reactive ketones (excluding diaryl/α,β-unsaturated/α-hetero) is 1. The van der Waals surface area contributed by atoms with Gasteiger partial charge in [-0.3, -0.25) is 9.59 Å². The van der Waals surface area contributed by atoms with E-state index in [1.165, 1.54) is 0 Å². The van der Waals surface area contributed by atoms with Gasteiger partial charge >= 0.3 is 0 Å². The highest BCUT2D eigenvalue weighted by Crippen LogP contribution is 2.23. The van der Waals surface area contributed by atoms with Crippen LogP contribution < -0.4 is 5.56 Å². The van der Waals surface area contributed by atoms with Gasteiger partial charge < -0.3 is 14.5 Å². The van der Waals surface area contributed by atoms with Gasteiger partial charge in [0.2, 0.25) is 0 Å². The van der Waals surface area contributed by atoms with Gasteiger partial charge in [-0.2, -0.15) is 0 Å². The maximum atomic E-state index is 12.5. The fourth-order valence-corrected chi connectivity index (χ4v) is 3.69. The molecule has 3 rings (SSSR count). The molecule has 0 spiro atoms. The molecule has 1 unspecified atom stereocenters. The molecule has 2 aromatic rings. The van der Waals surface area contributed by atoms with Crippen molar-refractivity contribution in [3.05, 3.63) is 68.6 Å². The van der Waals surface area contributed by atoms with E-state index in [1.807, 2.05) is 51.1 Å². The molecule has 5 heteroatoms. The van der Waals surface area contributed by atoms with Crippen molar-refractivity contribution in [1.82, 2.24) is 4.98 Å². The van der Waals surface area contributed by atoms with Crippen LogP contribution in [0.3, 0.4) is 0 Å². The normalized spacial score (nSPS) is 16.1. The van der Waals surface area contributed by atoms with Gasteiger partial charge in [0.25, 0.3) is 5.56 Å². The smallest absolute Gasteiger partial charge is 0.251 e. The molecule has 0 amide bonds. The number of hydrogen-bond acceptors (Lipinski definition) is 4. The second kappa shape index (κ2) is 9.30. The molecule has 0 bridgehead atoms. The van der Waals surface area contributed by atoms with Gasteiger partial charge in [-0.25, -0.2) is 0 Å². The summed E-state index contributed by atoms with van der Waals surface area (Å²) in [6, 6.07) is 9.57. The minimum absolute atomic E-state index is 0.0129. The summed E-state index contributed by atoms with van der Waals surface area (Å²) in [6.07, 6.45) is 2.85. The summed E-state index contributed by atoms with van der Waals surface area (Å²) in [6.45, 7) is 7.33. The van der Waals surface area contributed by atoms with E-state index in [4.69, 9.17) is 9.47 Å². The van der Waals surface area contributed by atoms with Crippen molar-refractivity contribution in [2.45, 2.75) is 58.7 Å². The first-order chi connectivity index (χ1) is 13.4. The van der Waals surface area contributed by atoms with Crippen molar-refractivity contribution >= 4 is 5.78 Å². The molecule has 1 N–H and O–H groups in total. The third-order valence-corrected chi connectivity index (χ3v) is 5.36. The first kappa shape index (κ1) is 20.5. The van der Waals surface area contributed by atoms with Gasteiger partial charge in [0.05, 0.1) is 12.2 Å². The predicted octanol–water partition coefficient (Wildman–Crippen LogP) is 4.06. The maximum Gasteiger partial charge on any atom is 0.251 e. The number of benzene rings is 1. The van der Waals surface area contributed by atoms with Crippen LogP contribution in [0.5, 0.6) is 0 Å². The van der Waals surface area contributed by atoms with E-state index in [0.29, 0.717) is 24.0 Å². The molecule has 1 saturated heterocycles. The Morgan fingerprint density at radius 2 is 1.89 bits per heavy atom. The Balaban J connectivity index is 1.58. The van der Waals surface area contributed by atoms with Crippen LogP contribution in [0.25, 0.3) is 0 Å². The van der Waals surface area contributed by atoms with Crippen LogP contribution >= 0.6 is 0 Å². The zero-order valence-corrected chi connectivity index (χ0v) is 16.9. The molecule has 0 radical (unpaired) electrons. The van der Waals surface area contributed by atoms with Gasteiger partial charge in [0.1, 0.15) is 0 Å². The average molecular weight is 383 g/mol. The van der Waals surface area contributed by atoms with Crippen LogP contribution in [0, 0.1) is 13.8 Å². The lowest BCUT2D eigenvalue weighted by Gasteiger charge is -2.26. The van der Waals surface area contributed by atoms with E-state index in [-0.39, 0.29) is 23.6 Å². The average Bonchev–Trinajstić information content (AvgIpc) is 2.68. The zero-order valence-electron chi connectivity index (χ0n) is 16.9. The summed E-state index contributed by atoms with van der Waals surface area (Å²) < 4.78 is 11.5. The molecule has 0 saturated carbocycles. The van der Waals surface area contributed by atoms with Crippen LogP contribution in [-0.2, 0) is 15.9 Å². The molecule has 1 aromatic carbocycles. The number of ketones is 1. The molecule has 2 heterocycles. The number of aromatic nitrogens is 1. The third kappa shape index (κ3) is 5.18. The molecule has 28 heavy (non-hydrogen) atoms. The number of hydrogen-bond donors (Lipinski definition) is 1. The maximum absolute atomic E-state index is 12.5. The lowest BCUT2D eigenvalue weighted by Crippen LogP contribution is -2.24. The van der Waals surface area contributed by atoms with Crippen LogP contribution in [0.2, 0.25) is 0 Å². The SMILES string of the molecule is Cc1cc(C)c(CCC(=O)c2ccc(C(C)OC3CCOCC3)cc2)c(=O)[nH]1. The van der Waals surface area contributed by atoms with Crippen molar-refractivity contribution < 1.29 is 14.3 Å². The minimum Gasteiger partial charge on any atom is -0.381 e. The third-order valence-electron chi connectivity index (χ3n) is 5.36. The van der Waals surface area contributed by atoms with Crippen LogP contribution in [0.15, 0.2) is 35.1 Å².